The van der Waals surface area contributed by atoms with Crippen LogP contribution >= 0.6 is 0 Å². The van der Waals surface area contributed by atoms with E-state index in [-0.39, 0.29) is 16.8 Å². The molecule has 4 aromatic carbocycles. The van der Waals surface area contributed by atoms with Crippen LogP contribution in [-0.2, 0) is 5.41 Å². The van der Waals surface area contributed by atoms with Crippen LogP contribution in [0.15, 0.2) is 78.9 Å². The summed E-state index contributed by atoms with van der Waals surface area (Å²) in [6, 6.07) is 31.6. The Kier molecular flexibility index (Phi) is 3.97. The summed E-state index contributed by atoms with van der Waals surface area (Å²) < 4.78 is 0. The second-order valence-corrected chi connectivity index (χ2v) is 9.70. The molecule has 5 aromatic rings. The Morgan fingerprint density at radius 2 is 1.19 bits per heavy atom. The average Bonchev–Trinajstić information content (AvgIpc) is 3.23. The highest BCUT2D eigenvalue weighted by atomic mass is 15.2. The minimum atomic E-state index is -0.135. The smallest absolute Gasteiger partial charge is 0.177 e. The molecule has 0 fully saturated rings. The third-order valence-electron chi connectivity index (χ3n) is 7.51. The van der Waals surface area contributed by atoms with Gasteiger partial charge in [-0.1, -0.05) is 68.4 Å². The van der Waals surface area contributed by atoms with Crippen LogP contribution in [0.2, 0.25) is 0 Å². The van der Waals surface area contributed by atoms with Gasteiger partial charge in [-0.25, -0.2) is 9.97 Å². The van der Waals surface area contributed by atoms with Crippen molar-refractivity contribution in [1.82, 2.24) is 9.97 Å². The van der Waals surface area contributed by atoms with E-state index in [1.807, 2.05) is 24.3 Å². The number of aromatic nitrogens is 2. The number of benzene rings is 4. The first kappa shape index (κ1) is 20.4. The molecule has 0 spiro atoms. The van der Waals surface area contributed by atoms with Crippen molar-refractivity contribution in [1.29, 1.82) is 10.5 Å². The molecule has 7 rings (SSSR count). The van der Waals surface area contributed by atoms with E-state index >= 15 is 0 Å². The number of anilines is 3. The van der Waals surface area contributed by atoms with Crippen molar-refractivity contribution in [2.75, 3.05) is 4.90 Å². The highest BCUT2D eigenvalue weighted by Gasteiger charge is 2.37. The molecule has 5 nitrogen and oxygen atoms in total. The second-order valence-electron chi connectivity index (χ2n) is 9.70. The number of nitrogens with zero attached hydrogens (tertiary/aromatic N) is 5. The SMILES string of the molecule is CC1(C)c2ccccc2N(c2ccc3c4c(cccc24)-c2nc(C#N)c(C#N)nc2-3)c2ccccc21. The van der Waals surface area contributed by atoms with Crippen LogP contribution in [0.1, 0.15) is 36.4 Å². The third kappa shape index (κ3) is 2.47. The molecule has 0 radical (unpaired) electrons. The molecule has 5 heteroatoms. The van der Waals surface area contributed by atoms with Gasteiger partial charge in [0.25, 0.3) is 0 Å². The quantitative estimate of drug-likeness (QED) is 0.260. The summed E-state index contributed by atoms with van der Waals surface area (Å²) in [4.78, 5) is 11.5. The van der Waals surface area contributed by atoms with Crippen molar-refractivity contribution in [3.05, 3.63) is 101 Å². The van der Waals surface area contributed by atoms with Gasteiger partial charge in [0, 0.05) is 27.3 Å². The van der Waals surface area contributed by atoms with Gasteiger partial charge in [0.1, 0.15) is 12.1 Å². The highest BCUT2D eigenvalue weighted by Crippen LogP contribution is 2.55. The standard InChI is InChI=1S/C31H19N5/c1-31(2)21-10-3-5-12-26(21)36(27-13-6-4-11-22(27)31)25-15-14-20-28-18(25)8-7-9-19(28)29-30(20)35-24(17-33)23(16-32)34-29/h3-15H,1-2H3. The Labute approximate surface area is 208 Å². The Hall–Kier alpha value is -5.00. The molecule has 36 heavy (non-hydrogen) atoms. The molecule has 1 aromatic heterocycles. The maximum absolute atomic E-state index is 9.52. The number of nitriles is 2. The van der Waals surface area contributed by atoms with E-state index in [4.69, 9.17) is 0 Å². The molecule has 168 valence electrons. The Bertz CT molecular complexity index is 1760. The third-order valence-corrected chi connectivity index (χ3v) is 7.51. The summed E-state index contributed by atoms with van der Waals surface area (Å²) in [5.74, 6) is 0. The van der Waals surface area contributed by atoms with Gasteiger partial charge >= 0.3 is 0 Å². The molecule has 0 N–H and O–H groups in total. The van der Waals surface area contributed by atoms with Crippen LogP contribution < -0.4 is 4.90 Å². The number of hydrogen-bond acceptors (Lipinski definition) is 5. The van der Waals surface area contributed by atoms with E-state index in [9.17, 15) is 10.5 Å². The fourth-order valence-electron chi connectivity index (χ4n) is 5.88. The van der Waals surface area contributed by atoms with Gasteiger partial charge < -0.3 is 4.90 Å². The molecule has 2 aliphatic rings. The predicted octanol–water partition coefficient (Wildman–Crippen LogP) is 7.13. The van der Waals surface area contributed by atoms with Crippen molar-refractivity contribution in [2.45, 2.75) is 19.3 Å². The fraction of sp³-hybridized carbons (Fsp3) is 0.0968. The van der Waals surface area contributed by atoms with Crippen molar-refractivity contribution in [3.63, 3.8) is 0 Å². The van der Waals surface area contributed by atoms with Gasteiger partial charge in [-0.15, -0.1) is 0 Å². The van der Waals surface area contributed by atoms with E-state index in [2.05, 4.69) is 95.4 Å². The molecule has 2 heterocycles. The molecule has 0 amide bonds. The normalized spacial score (nSPS) is 13.9. The monoisotopic (exact) mass is 461 g/mol. The lowest BCUT2D eigenvalue weighted by Gasteiger charge is -2.42. The topological polar surface area (TPSA) is 76.6 Å². The van der Waals surface area contributed by atoms with E-state index in [1.54, 1.807) is 0 Å². The van der Waals surface area contributed by atoms with Gasteiger partial charge in [0.2, 0.25) is 0 Å². The van der Waals surface area contributed by atoms with Crippen molar-refractivity contribution >= 4 is 27.8 Å². The first-order valence-electron chi connectivity index (χ1n) is 11.8. The molecule has 0 bridgehead atoms. The van der Waals surface area contributed by atoms with E-state index in [0.29, 0.717) is 11.4 Å². The Balaban J connectivity index is 1.55. The number of hydrogen-bond donors (Lipinski definition) is 0. The van der Waals surface area contributed by atoms with Gasteiger partial charge in [-0.05, 0) is 35.4 Å². The zero-order valence-electron chi connectivity index (χ0n) is 19.7. The lowest BCUT2D eigenvalue weighted by Crippen LogP contribution is -2.30. The van der Waals surface area contributed by atoms with E-state index in [0.717, 1.165) is 39.0 Å². The zero-order chi connectivity index (χ0) is 24.6. The summed E-state index contributed by atoms with van der Waals surface area (Å²) in [6.45, 7) is 4.56. The number of rotatable bonds is 1. The minimum Gasteiger partial charge on any atom is -0.309 e. The molecular formula is C31H19N5. The van der Waals surface area contributed by atoms with Gasteiger partial charge in [-0.3, -0.25) is 0 Å². The Morgan fingerprint density at radius 1 is 0.639 bits per heavy atom. The lowest BCUT2D eigenvalue weighted by molar-refractivity contribution is 0.632. The van der Waals surface area contributed by atoms with E-state index < -0.39 is 0 Å². The second kappa shape index (κ2) is 7.01. The molecule has 0 saturated heterocycles. The van der Waals surface area contributed by atoms with E-state index in [1.165, 1.54) is 11.1 Å². The van der Waals surface area contributed by atoms with Gasteiger partial charge in [0.05, 0.1) is 28.5 Å². The maximum atomic E-state index is 9.52. The molecular weight excluding hydrogens is 442 g/mol. The number of para-hydroxylation sites is 2. The summed E-state index contributed by atoms with van der Waals surface area (Å²) >= 11 is 0. The van der Waals surface area contributed by atoms with Crippen LogP contribution in [0.5, 0.6) is 0 Å². The van der Waals surface area contributed by atoms with Gasteiger partial charge in [-0.2, -0.15) is 10.5 Å². The fourth-order valence-corrected chi connectivity index (χ4v) is 5.88. The van der Waals surface area contributed by atoms with Crippen molar-refractivity contribution in [2.24, 2.45) is 0 Å². The molecule has 0 atom stereocenters. The lowest BCUT2D eigenvalue weighted by atomic mass is 9.73. The zero-order valence-corrected chi connectivity index (χ0v) is 19.7. The van der Waals surface area contributed by atoms with Crippen LogP contribution in [0.4, 0.5) is 17.1 Å². The average molecular weight is 462 g/mol. The van der Waals surface area contributed by atoms with Crippen molar-refractivity contribution < 1.29 is 0 Å². The van der Waals surface area contributed by atoms with Crippen molar-refractivity contribution in [3.8, 4) is 34.7 Å². The van der Waals surface area contributed by atoms with Crippen LogP contribution in [0, 0.1) is 22.7 Å². The summed E-state index contributed by atoms with van der Waals surface area (Å²) in [6.07, 6.45) is 0. The summed E-state index contributed by atoms with van der Waals surface area (Å²) in [5, 5.41) is 21.2. The molecule has 0 saturated carbocycles. The van der Waals surface area contributed by atoms with Crippen LogP contribution in [0.3, 0.4) is 0 Å². The first-order valence-corrected chi connectivity index (χ1v) is 11.8. The molecule has 0 unspecified atom stereocenters. The first-order chi connectivity index (χ1) is 17.5. The molecule has 1 aliphatic heterocycles. The summed E-state index contributed by atoms with van der Waals surface area (Å²) in [5.41, 5.74) is 9.10. The predicted molar refractivity (Wildman–Crippen MR) is 140 cm³/mol. The largest absolute Gasteiger partial charge is 0.309 e. The Morgan fingerprint density at radius 3 is 1.78 bits per heavy atom. The highest BCUT2D eigenvalue weighted by molar-refractivity contribution is 6.18. The van der Waals surface area contributed by atoms with Crippen LogP contribution in [0.25, 0.3) is 33.3 Å². The minimum absolute atomic E-state index is 0.0578. The molecule has 1 aliphatic carbocycles. The maximum Gasteiger partial charge on any atom is 0.177 e. The van der Waals surface area contributed by atoms with Gasteiger partial charge in [0.15, 0.2) is 11.4 Å². The van der Waals surface area contributed by atoms with Crippen LogP contribution in [-0.4, -0.2) is 9.97 Å². The number of fused-ring (bicyclic) bond motifs is 5. The summed E-state index contributed by atoms with van der Waals surface area (Å²) in [7, 11) is 0.